The number of halogens is 1. The van der Waals surface area contributed by atoms with Crippen molar-refractivity contribution in [3.63, 3.8) is 0 Å². The third-order valence-electron chi connectivity index (χ3n) is 5.37. The summed E-state index contributed by atoms with van der Waals surface area (Å²) in [5.41, 5.74) is 0.688. The Labute approximate surface area is 141 Å². The van der Waals surface area contributed by atoms with Crippen LogP contribution in [-0.4, -0.2) is 24.0 Å². The zero-order chi connectivity index (χ0) is 15.7. The Hall–Kier alpha value is -1.72. The van der Waals surface area contributed by atoms with Gasteiger partial charge in [0.05, 0.1) is 29.7 Å². The zero-order valence-electron chi connectivity index (χ0n) is 12.2. The number of carbonyl (C=O) groups is 2. The molecule has 2 unspecified atom stereocenters. The average Bonchev–Trinajstić information content (AvgIpc) is 3.24. The van der Waals surface area contributed by atoms with Crippen LogP contribution in [0.25, 0.3) is 10.8 Å². The molecular weight excluding hydrogens is 358 g/mol. The molecule has 4 nitrogen and oxygen atoms in total. The first kappa shape index (κ1) is 13.7. The lowest BCUT2D eigenvalue weighted by Gasteiger charge is -2.20. The van der Waals surface area contributed by atoms with Crippen molar-refractivity contribution in [2.24, 2.45) is 11.8 Å². The van der Waals surface area contributed by atoms with E-state index in [2.05, 4.69) is 15.9 Å². The number of imide groups is 1. The first-order valence-electron chi connectivity index (χ1n) is 7.87. The number of anilines is 1. The first-order valence-corrected chi connectivity index (χ1v) is 8.66. The third-order valence-corrected chi connectivity index (χ3v) is 6.06. The van der Waals surface area contributed by atoms with Gasteiger partial charge >= 0.3 is 0 Å². The van der Waals surface area contributed by atoms with E-state index in [0.717, 1.165) is 28.1 Å². The largest absolute Gasteiger partial charge is 0.373 e. The quantitative estimate of drug-likeness (QED) is 0.722. The lowest BCUT2D eigenvalue weighted by molar-refractivity contribution is -0.124. The van der Waals surface area contributed by atoms with Crippen molar-refractivity contribution in [3.8, 4) is 0 Å². The molecule has 0 aliphatic carbocycles. The van der Waals surface area contributed by atoms with Crippen molar-refractivity contribution in [2.45, 2.75) is 25.0 Å². The van der Waals surface area contributed by atoms with E-state index in [1.165, 1.54) is 4.90 Å². The highest BCUT2D eigenvalue weighted by Crippen LogP contribution is 2.50. The summed E-state index contributed by atoms with van der Waals surface area (Å²) < 4.78 is 6.75. The van der Waals surface area contributed by atoms with Crippen LogP contribution >= 0.6 is 15.9 Å². The highest BCUT2D eigenvalue weighted by atomic mass is 79.9. The van der Waals surface area contributed by atoms with Crippen molar-refractivity contribution >= 4 is 44.2 Å². The second-order valence-electron chi connectivity index (χ2n) is 6.47. The average molecular weight is 372 g/mol. The molecule has 3 heterocycles. The maximum Gasteiger partial charge on any atom is 0.240 e. The maximum absolute atomic E-state index is 12.9. The van der Waals surface area contributed by atoms with Crippen molar-refractivity contribution in [1.82, 2.24) is 0 Å². The molecular formula is C18H14BrNO3. The number of hydrogen-bond donors (Lipinski definition) is 0. The van der Waals surface area contributed by atoms with Crippen LogP contribution in [-0.2, 0) is 14.3 Å². The predicted octanol–water partition coefficient (Wildman–Crippen LogP) is 3.27. The van der Waals surface area contributed by atoms with E-state index in [-0.39, 0.29) is 35.9 Å². The topological polar surface area (TPSA) is 46.6 Å². The molecule has 2 bridgehead atoms. The Balaban J connectivity index is 1.67. The van der Waals surface area contributed by atoms with E-state index in [1.54, 1.807) is 0 Å². The van der Waals surface area contributed by atoms with E-state index in [4.69, 9.17) is 4.74 Å². The predicted molar refractivity (Wildman–Crippen MR) is 89.0 cm³/mol. The molecule has 2 amide bonds. The molecule has 23 heavy (non-hydrogen) atoms. The maximum atomic E-state index is 12.9. The summed E-state index contributed by atoms with van der Waals surface area (Å²) >= 11 is 3.54. The molecule has 3 aliphatic heterocycles. The first-order chi connectivity index (χ1) is 11.2. The molecule has 0 radical (unpaired) electrons. The number of fused-ring (bicyclic) bond motifs is 6. The van der Waals surface area contributed by atoms with Gasteiger partial charge in [-0.2, -0.15) is 0 Å². The van der Waals surface area contributed by atoms with Crippen LogP contribution in [0.1, 0.15) is 12.8 Å². The zero-order valence-corrected chi connectivity index (χ0v) is 13.8. The highest BCUT2D eigenvalue weighted by Gasteiger charge is 2.62. The summed E-state index contributed by atoms with van der Waals surface area (Å²) in [4.78, 5) is 27.3. The van der Waals surface area contributed by atoms with Gasteiger partial charge in [0.1, 0.15) is 0 Å². The number of nitrogens with zero attached hydrogens (tertiary/aromatic N) is 1. The molecule has 2 aromatic carbocycles. The molecule has 0 spiro atoms. The normalized spacial score (nSPS) is 32.1. The second kappa shape index (κ2) is 4.65. The van der Waals surface area contributed by atoms with Crippen molar-refractivity contribution in [2.75, 3.05) is 4.90 Å². The minimum absolute atomic E-state index is 0.0758. The van der Waals surface area contributed by atoms with Gasteiger partial charge in [-0.25, -0.2) is 4.90 Å². The van der Waals surface area contributed by atoms with E-state index >= 15 is 0 Å². The van der Waals surface area contributed by atoms with Crippen molar-refractivity contribution in [3.05, 3.63) is 40.9 Å². The Morgan fingerprint density at radius 2 is 1.52 bits per heavy atom. The van der Waals surface area contributed by atoms with E-state index < -0.39 is 0 Å². The van der Waals surface area contributed by atoms with Gasteiger partial charge in [0.15, 0.2) is 0 Å². The van der Waals surface area contributed by atoms with E-state index in [9.17, 15) is 9.59 Å². The van der Waals surface area contributed by atoms with Crippen LogP contribution in [0.15, 0.2) is 40.9 Å². The van der Waals surface area contributed by atoms with Gasteiger partial charge in [0.2, 0.25) is 11.8 Å². The van der Waals surface area contributed by atoms with Crippen LogP contribution in [0.2, 0.25) is 0 Å². The molecule has 5 rings (SSSR count). The Kier molecular flexibility index (Phi) is 2.77. The fourth-order valence-corrected chi connectivity index (χ4v) is 4.87. The molecule has 3 fully saturated rings. The van der Waals surface area contributed by atoms with Crippen molar-refractivity contribution < 1.29 is 14.3 Å². The lowest BCUT2D eigenvalue weighted by Crippen LogP contribution is -2.34. The molecule has 116 valence electrons. The van der Waals surface area contributed by atoms with Crippen LogP contribution < -0.4 is 4.90 Å². The van der Waals surface area contributed by atoms with E-state index in [1.807, 2.05) is 36.4 Å². The van der Waals surface area contributed by atoms with Crippen molar-refractivity contribution in [1.29, 1.82) is 0 Å². The summed E-state index contributed by atoms with van der Waals surface area (Å²) in [5.74, 6) is -0.772. The molecule has 4 atom stereocenters. The number of hydrogen-bond acceptors (Lipinski definition) is 3. The monoisotopic (exact) mass is 371 g/mol. The highest BCUT2D eigenvalue weighted by molar-refractivity contribution is 9.10. The Morgan fingerprint density at radius 3 is 2.17 bits per heavy atom. The van der Waals surface area contributed by atoms with Crippen LogP contribution in [0.5, 0.6) is 0 Å². The summed E-state index contributed by atoms with van der Waals surface area (Å²) in [6, 6.07) is 11.6. The van der Waals surface area contributed by atoms with Gasteiger partial charge in [0, 0.05) is 9.86 Å². The molecule has 5 heteroatoms. The fraction of sp³-hybridized carbons (Fsp3) is 0.333. The standard InChI is InChI=1S/C18H14BrNO3/c19-11-5-6-12(10-4-2-1-3-9(10)11)20-17(21)15-13-7-8-14(23-13)16(15)18(20)22/h1-6,13-16H,7-8H2/t13?,14?,15-,16+. The van der Waals surface area contributed by atoms with Crippen LogP contribution in [0.4, 0.5) is 5.69 Å². The smallest absolute Gasteiger partial charge is 0.240 e. The number of carbonyl (C=O) groups excluding carboxylic acids is 2. The molecule has 2 aromatic rings. The Morgan fingerprint density at radius 1 is 0.913 bits per heavy atom. The second-order valence-corrected chi connectivity index (χ2v) is 7.32. The fourth-order valence-electron chi connectivity index (χ4n) is 4.39. The van der Waals surface area contributed by atoms with Crippen LogP contribution in [0.3, 0.4) is 0 Å². The minimum atomic E-state index is -0.288. The molecule has 0 aromatic heterocycles. The molecule has 3 saturated heterocycles. The van der Waals surface area contributed by atoms with E-state index in [0.29, 0.717) is 5.69 Å². The number of benzene rings is 2. The van der Waals surface area contributed by atoms with Gasteiger partial charge in [-0.05, 0) is 30.4 Å². The summed E-state index contributed by atoms with van der Waals surface area (Å²) in [6.45, 7) is 0. The summed E-state index contributed by atoms with van der Waals surface area (Å²) in [5, 5.41) is 1.92. The van der Waals surface area contributed by atoms with Gasteiger partial charge < -0.3 is 4.74 Å². The number of ether oxygens (including phenoxy) is 1. The number of rotatable bonds is 1. The molecule has 0 saturated carbocycles. The van der Waals surface area contributed by atoms with Gasteiger partial charge in [-0.1, -0.05) is 40.2 Å². The van der Waals surface area contributed by atoms with Gasteiger partial charge in [-0.15, -0.1) is 0 Å². The third kappa shape index (κ3) is 1.69. The lowest BCUT2D eigenvalue weighted by atomic mass is 9.81. The summed E-state index contributed by atoms with van der Waals surface area (Å²) in [6.07, 6.45) is 1.63. The van der Waals surface area contributed by atoms with Crippen LogP contribution in [0, 0.1) is 11.8 Å². The molecule has 0 N–H and O–H groups in total. The molecule has 3 aliphatic rings. The van der Waals surface area contributed by atoms with Gasteiger partial charge in [-0.3, -0.25) is 9.59 Å². The minimum Gasteiger partial charge on any atom is -0.373 e. The van der Waals surface area contributed by atoms with Gasteiger partial charge in [0.25, 0.3) is 0 Å². The number of amides is 2. The SMILES string of the molecule is O=C1[C@@H]2C3CCC(O3)[C@@H]2C(=O)N1c1ccc(Br)c2ccccc12. The summed E-state index contributed by atoms with van der Waals surface area (Å²) in [7, 11) is 0. The Bertz CT molecular complexity index is 836.